The summed E-state index contributed by atoms with van der Waals surface area (Å²) in [6.07, 6.45) is -3.34. The third-order valence-electron chi connectivity index (χ3n) is 3.28. The lowest BCUT2D eigenvalue weighted by Gasteiger charge is -2.08. The molecule has 0 aliphatic carbocycles. The first kappa shape index (κ1) is 20.9. The molecule has 0 radical (unpaired) electrons. The van der Waals surface area contributed by atoms with Gasteiger partial charge in [0.05, 0.1) is 6.21 Å². The highest BCUT2D eigenvalue weighted by molar-refractivity contribution is 9.10. The van der Waals surface area contributed by atoms with Gasteiger partial charge in [-0.3, -0.25) is 0 Å². The third-order valence-corrected chi connectivity index (χ3v) is 3.97. The molecule has 1 heterocycles. The molecule has 0 saturated heterocycles. The fraction of sp³-hybridized carbons (Fsp3) is 0.0556. The number of hydrazone groups is 1. The van der Waals surface area contributed by atoms with E-state index in [9.17, 15) is 13.2 Å². The Morgan fingerprint density at radius 3 is 2.52 bits per heavy atom. The molecule has 1 aromatic heterocycles. The number of nitrogens with zero attached hydrogens (tertiary/aromatic N) is 3. The van der Waals surface area contributed by atoms with Crippen molar-refractivity contribution in [3.63, 3.8) is 0 Å². The van der Waals surface area contributed by atoms with Crippen molar-refractivity contribution in [2.24, 2.45) is 5.10 Å². The molecule has 6 nitrogen and oxygen atoms in total. The van der Waals surface area contributed by atoms with Crippen molar-refractivity contribution in [1.82, 2.24) is 9.97 Å². The second-order valence-corrected chi connectivity index (χ2v) is 6.82. The number of benzene rings is 2. The summed E-state index contributed by atoms with van der Waals surface area (Å²) in [5.74, 6) is 0.279. The van der Waals surface area contributed by atoms with Crippen LogP contribution in [-0.4, -0.2) is 22.5 Å². The molecule has 0 unspecified atom stereocenters. The molecule has 0 atom stereocenters. The number of nitrogens with one attached hydrogen (secondary N) is 2. The lowest BCUT2D eigenvalue weighted by molar-refractivity contribution is -0.274. The quantitative estimate of drug-likeness (QED) is 0.255. The van der Waals surface area contributed by atoms with Gasteiger partial charge in [-0.15, -0.1) is 13.2 Å². The van der Waals surface area contributed by atoms with Gasteiger partial charge in [0.15, 0.2) is 0 Å². The molecular formula is C18H12BrClF3N5O. The number of ether oxygens (including phenoxy) is 1. The predicted molar refractivity (Wildman–Crippen MR) is 109 cm³/mol. The SMILES string of the molecule is FC(F)(F)Oc1ccc(/C=N/Nc2nc(Cl)cc(Nc3cccc(Br)c3)n2)cc1. The van der Waals surface area contributed by atoms with Crippen molar-refractivity contribution in [3.8, 4) is 5.75 Å². The highest BCUT2D eigenvalue weighted by Gasteiger charge is 2.30. The van der Waals surface area contributed by atoms with Gasteiger partial charge in [0, 0.05) is 16.2 Å². The molecule has 3 rings (SSSR count). The lowest BCUT2D eigenvalue weighted by Crippen LogP contribution is -2.17. The van der Waals surface area contributed by atoms with Crippen molar-refractivity contribution >= 4 is 51.2 Å². The molecule has 2 N–H and O–H groups in total. The van der Waals surface area contributed by atoms with Crippen LogP contribution in [0.2, 0.25) is 5.15 Å². The minimum Gasteiger partial charge on any atom is -0.406 e. The van der Waals surface area contributed by atoms with E-state index in [2.05, 4.69) is 46.5 Å². The zero-order valence-electron chi connectivity index (χ0n) is 14.4. The summed E-state index contributed by atoms with van der Waals surface area (Å²) in [5, 5.41) is 7.26. The number of halogens is 5. The molecule has 0 fully saturated rings. The first-order chi connectivity index (χ1) is 13.8. The Morgan fingerprint density at radius 1 is 1.07 bits per heavy atom. The van der Waals surface area contributed by atoms with E-state index in [0.29, 0.717) is 11.4 Å². The topological polar surface area (TPSA) is 71.4 Å². The molecule has 2 aromatic carbocycles. The van der Waals surface area contributed by atoms with E-state index in [1.54, 1.807) is 6.07 Å². The number of alkyl halides is 3. The predicted octanol–water partition coefficient (Wildman–Crippen LogP) is 5.98. The van der Waals surface area contributed by atoms with Crippen LogP contribution in [0.4, 0.5) is 30.6 Å². The summed E-state index contributed by atoms with van der Waals surface area (Å²) in [4.78, 5) is 8.27. The Kier molecular flexibility index (Phi) is 6.55. The monoisotopic (exact) mass is 485 g/mol. The highest BCUT2D eigenvalue weighted by Crippen LogP contribution is 2.23. The van der Waals surface area contributed by atoms with Gasteiger partial charge in [0.25, 0.3) is 0 Å². The molecule has 0 saturated carbocycles. The number of aromatic nitrogens is 2. The van der Waals surface area contributed by atoms with Gasteiger partial charge >= 0.3 is 6.36 Å². The van der Waals surface area contributed by atoms with Gasteiger partial charge in [-0.05, 0) is 48.0 Å². The summed E-state index contributed by atoms with van der Waals surface area (Å²) in [5.41, 5.74) is 3.97. The average molecular weight is 487 g/mol. The molecule has 0 amide bonds. The molecule has 0 spiro atoms. The van der Waals surface area contributed by atoms with Gasteiger partial charge in [-0.25, -0.2) is 5.43 Å². The van der Waals surface area contributed by atoms with Crippen LogP contribution in [0.1, 0.15) is 5.56 Å². The summed E-state index contributed by atoms with van der Waals surface area (Å²) in [6, 6.07) is 14.2. The fourth-order valence-electron chi connectivity index (χ4n) is 2.17. The minimum atomic E-state index is -4.73. The van der Waals surface area contributed by atoms with Crippen molar-refractivity contribution in [2.45, 2.75) is 6.36 Å². The molecule has 3 aromatic rings. The van der Waals surface area contributed by atoms with E-state index < -0.39 is 6.36 Å². The van der Waals surface area contributed by atoms with Gasteiger partial charge in [0.2, 0.25) is 5.95 Å². The maximum atomic E-state index is 12.2. The Labute approximate surface area is 176 Å². The Morgan fingerprint density at radius 2 is 1.83 bits per heavy atom. The highest BCUT2D eigenvalue weighted by atomic mass is 79.9. The lowest BCUT2D eigenvalue weighted by atomic mass is 10.2. The zero-order chi connectivity index (χ0) is 20.9. The van der Waals surface area contributed by atoms with Crippen LogP contribution < -0.4 is 15.5 Å². The minimum absolute atomic E-state index is 0.142. The van der Waals surface area contributed by atoms with E-state index in [4.69, 9.17) is 11.6 Å². The number of rotatable bonds is 6. The first-order valence-corrected chi connectivity index (χ1v) is 9.16. The maximum Gasteiger partial charge on any atom is 0.573 e. The summed E-state index contributed by atoms with van der Waals surface area (Å²) < 4.78 is 41.2. The fourth-order valence-corrected chi connectivity index (χ4v) is 2.75. The molecule has 150 valence electrons. The molecule has 0 bridgehead atoms. The van der Waals surface area contributed by atoms with Crippen LogP contribution in [0.3, 0.4) is 0 Å². The Bertz CT molecular complexity index is 1020. The van der Waals surface area contributed by atoms with Gasteiger partial charge in [0.1, 0.15) is 16.7 Å². The van der Waals surface area contributed by atoms with E-state index in [1.807, 2.05) is 24.3 Å². The number of hydrogen-bond acceptors (Lipinski definition) is 6. The number of anilines is 3. The van der Waals surface area contributed by atoms with Gasteiger partial charge < -0.3 is 10.1 Å². The van der Waals surface area contributed by atoms with Crippen molar-refractivity contribution in [3.05, 3.63) is 69.8 Å². The van der Waals surface area contributed by atoms with Crippen molar-refractivity contribution in [1.29, 1.82) is 0 Å². The van der Waals surface area contributed by atoms with E-state index in [-0.39, 0.29) is 16.9 Å². The Hall–Kier alpha value is -2.85. The molecular weight excluding hydrogens is 475 g/mol. The smallest absolute Gasteiger partial charge is 0.406 e. The standard InChI is InChI=1S/C18H12BrClF3N5O/c19-12-2-1-3-13(8-12)25-16-9-15(20)26-17(27-16)28-24-10-11-4-6-14(7-5-11)29-18(21,22)23/h1-10H,(H2,25,26,27,28)/b24-10+. The van der Waals surface area contributed by atoms with E-state index in [1.165, 1.54) is 30.5 Å². The van der Waals surface area contributed by atoms with E-state index >= 15 is 0 Å². The molecule has 0 aliphatic rings. The van der Waals surface area contributed by atoms with Crippen molar-refractivity contribution < 1.29 is 17.9 Å². The largest absolute Gasteiger partial charge is 0.573 e. The molecule has 0 aliphatic heterocycles. The van der Waals surface area contributed by atoms with Crippen LogP contribution in [0.5, 0.6) is 5.75 Å². The maximum absolute atomic E-state index is 12.2. The van der Waals surface area contributed by atoms with Gasteiger partial charge in [-0.1, -0.05) is 33.6 Å². The zero-order valence-corrected chi connectivity index (χ0v) is 16.8. The normalized spacial score (nSPS) is 11.5. The second kappa shape index (κ2) is 9.10. The molecule has 29 heavy (non-hydrogen) atoms. The van der Waals surface area contributed by atoms with Crippen LogP contribution in [-0.2, 0) is 0 Å². The summed E-state index contributed by atoms with van der Waals surface area (Å²) >= 11 is 9.40. The van der Waals surface area contributed by atoms with Gasteiger partial charge in [-0.2, -0.15) is 15.1 Å². The van der Waals surface area contributed by atoms with Crippen LogP contribution in [0.25, 0.3) is 0 Å². The average Bonchev–Trinajstić information content (AvgIpc) is 2.61. The summed E-state index contributed by atoms with van der Waals surface area (Å²) in [6.45, 7) is 0. The molecule has 11 heteroatoms. The first-order valence-electron chi connectivity index (χ1n) is 7.99. The second-order valence-electron chi connectivity index (χ2n) is 5.52. The van der Waals surface area contributed by atoms with Crippen molar-refractivity contribution in [2.75, 3.05) is 10.7 Å². The van der Waals surface area contributed by atoms with Crippen LogP contribution in [0.15, 0.2) is 64.2 Å². The third kappa shape index (κ3) is 6.91. The number of hydrogen-bond donors (Lipinski definition) is 2. The van der Waals surface area contributed by atoms with E-state index in [0.717, 1.165) is 10.2 Å². The summed E-state index contributed by atoms with van der Waals surface area (Å²) in [7, 11) is 0. The van der Waals surface area contributed by atoms with Crippen LogP contribution in [0, 0.1) is 0 Å². The Balaban J connectivity index is 1.65. The van der Waals surface area contributed by atoms with Crippen LogP contribution >= 0.6 is 27.5 Å².